The molecule has 104 valence electrons. The number of rotatable bonds is 3. The molecule has 2 N–H and O–H groups in total. The number of pyridine rings is 1. The molecule has 2 rings (SSSR count). The summed E-state index contributed by atoms with van der Waals surface area (Å²) in [5.74, 6) is -2.67. The normalized spacial score (nSPS) is 18.2. The molecule has 0 aliphatic carbocycles. The number of aromatic carboxylic acids is 2. The Kier molecular flexibility index (Phi) is 3.65. The van der Waals surface area contributed by atoms with Crippen LogP contribution in [0.3, 0.4) is 0 Å². The maximum atomic E-state index is 11.3. The van der Waals surface area contributed by atoms with Crippen LogP contribution in [0.15, 0.2) is 29.2 Å². The van der Waals surface area contributed by atoms with Crippen molar-refractivity contribution in [3.05, 3.63) is 40.9 Å². The summed E-state index contributed by atoms with van der Waals surface area (Å²) in [6.07, 6.45) is 4.67. The van der Waals surface area contributed by atoms with E-state index in [1.807, 2.05) is 6.92 Å². The van der Waals surface area contributed by atoms with Crippen LogP contribution in [0.2, 0.25) is 0 Å². The van der Waals surface area contributed by atoms with Crippen LogP contribution < -0.4 is 0 Å². The van der Waals surface area contributed by atoms with Crippen molar-refractivity contribution >= 4 is 17.7 Å². The predicted molar refractivity (Wildman–Crippen MR) is 72.4 cm³/mol. The molecule has 1 atom stereocenters. The lowest BCUT2D eigenvalue weighted by molar-refractivity contribution is 0.0694. The van der Waals surface area contributed by atoms with Gasteiger partial charge in [0, 0.05) is 29.7 Å². The zero-order valence-corrected chi connectivity index (χ0v) is 11.1. The summed E-state index contributed by atoms with van der Waals surface area (Å²) in [7, 11) is 0. The second-order valence-electron chi connectivity index (χ2n) is 4.72. The summed E-state index contributed by atoms with van der Waals surface area (Å²) in [6.45, 7) is 3.64. The molecular formula is C14H14N2O4. The maximum absolute atomic E-state index is 11.3. The van der Waals surface area contributed by atoms with Crippen LogP contribution >= 0.6 is 0 Å². The Morgan fingerprint density at radius 1 is 1.15 bits per heavy atom. The standard InChI is InChI=1S/C14H14N2O4/c1-7-3-9(4-8(2)16-7)12-10(13(17)18)5-15-6-11(12)14(19)20/h3,5-6,9H,4H2,1-2H3,(H,17,18)(H,19,20). The van der Waals surface area contributed by atoms with Crippen LogP contribution in [0.1, 0.15) is 52.5 Å². The Labute approximate surface area is 115 Å². The molecular weight excluding hydrogens is 260 g/mol. The largest absolute Gasteiger partial charge is 0.478 e. The number of hydrogen-bond donors (Lipinski definition) is 2. The molecule has 1 unspecified atom stereocenters. The van der Waals surface area contributed by atoms with E-state index in [4.69, 9.17) is 0 Å². The first kappa shape index (κ1) is 13.9. The van der Waals surface area contributed by atoms with E-state index in [1.54, 1.807) is 13.0 Å². The lowest BCUT2D eigenvalue weighted by Gasteiger charge is -2.21. The average Bonchev–Trinajstić information content (AvgIpc) is 2.36. The molecule has 6 heteroatoms. The lowest BCUT2D eigenvalue weighted by Crippen LogP contribution is -2.17. The second-order valence-corrected chi connectivity index (χ2v) is 4.72. The third-order valence-electron chi connectivity index (χ3n) is 3.14. The van der Waals surface area contributed by atoms with Gasteiger partial charge in [0.2, 0.25) is 0 Å². The highest BCUT2D eigenvalue weighted by Gasteiger charge is 2.26. The van der Waals surface area contributed by atoms with Crippen molar-refractivity contribution in [1.29, 1.82) is 0 Å². The number of carboxylic acids is 2. The summed E-state index contributed by atoms with van der Waals surface area (Å²) >= 11 is 0. The molecule has 0 aromatic carbocycles. The number of carboxylic acid groups (broad SMARTS) is 2. The first-order valence-corrected chi connectivity index (χ1v) is 6.07. The fraction of sp³-hybridized carbons (Fsp3) is 0.286. The Morgan fingerprint density at radius 2 is 1.70 bits per heavy atom. The Morgan fingerprint density at radius 3 is 2.15 bits per heavy atom. The van der Waals surface area contributed by atoms with Crippen molar-refractivity contribution in [2.75, 3.05) is 0 Å². The zero-order valence-electron chi connectivity index (χ0n) is 11.1. The number of hydrogen-bond acceptors (Lipinski definition) is 4. The highest BCUT2D eigenvalue weighted by Crippen LogP contribution is 2.32. The monoisotopic (exact) mass is 274 g/mol. The molecule has 1 aliphatic rings. The second kappa shape index (κ2) is 5.24. The third kappa shape index (κ3) is 2.59. The van der Waals surface area contributed by atoms with Crippen molar-refractivity contribution in [1.82, 2.24) is 4.98 Å². The molecule has 0 saturated carbocycles. The molecule has 0 saturated heterocycles. The van der Waals surface area contributed by atoms with Gasteiger partial charge in [-0.1, -0.05) is 6.08 Å². The van der Waals surface area contributed by atoms with Gasteiger partial charge in [-0.3, -0.25) is 9.98 Å². The fourth-order valence-electron chi connectivity index (χ4n) is 2.45. The van der Waals surface area contributed by atoms with Gasteiger partial charge < -0.3 is 10.2 Å². The molecule has 1 aromatic rings. The molecule has 1 aliphatic heterocycles. The molecule has 1 aromatic heterocycles. The summed E-state index contributed by atoms with van der Waals surface area (Å²) in [6, 6.07) is 0. The minimum atomic E-state index is -1.18. The fourth-order valence-corrected chi connectivity index (χ4v) is 2.45. The van der Waals surface area contributed by atoms with Gasteiger partial charge in [0.05, 0.1) is 11.1 Å². The molecule has 0 fully saturated rings. The van der Waals surface area contributed by atoms with Gasteiger partial charge in [-0.25, -0.2) is 9.59 Å². The van der Waals surface area contributed by atoms with Crippen molar-refractivity contribution < 1.29 is 19.8 Å². The number of aromatic nitrogens is 1. The van der Waals surface area contributed by atoms with Gasteiger partial charge in [-0.05, 0) is 25.8 Å². The van der Waals surface area contributed by atoms with E-state index in [2.05, 4.69) is 9.98 Å². The third-order valence-corrected chi connectivity index (χ3v) is 3.14. The molecule has 20 heavy (non-hydrogen) atoms. The van der Waals surface area contributed by atoms with Gasteiger partial charge in [-0.2, -0.15) is 0 Å². The van der Waals surface area contributed by atoms with Crippen LogP contribution in [0, 0.1) is 0 Å². The van der Waals surface area contributed by atoms with E-state index in [9.17, 15) is 19.8 Å². The summed E-state index contributed by atoms with van der Waals surface area (Å²) in [5.41, 5.74) is 1.73. The van der Waals surface area contributed by atoms with Crippen molar-refractivity contribution in [3.8, 4) is 0 Å². The van der Waals surface area contributed by atoms with Crippen LogP contribution in [-0.2, 0) is 0 Å². The molecule has 0 bridgehead atoms. The van der Waals surface area contributed by atoms with Gasteiger partial charge in [0.15, 0.2) is 0 Å². The van der Waals surface area contributed by atoms with E-state index < -0.39 is 11.9 Å². The van der Waals surface area contributed by atoms with Crippen molar-refractivity contribution in [2.24, 2.45) is 4.99 Å². The van der Waals surface area contributed by atoms with Crippen molar-refractivity contribution in [2.45, 2.75) is 26.2 Å². The quantitative estimate of drug-likeness (QED) is 0.881. The van der Waals surface area contributed by atoms with Crippen LogP contribution in [0.4, 0.5) is 0 Å². The van der Waals surface area contributed by atoms with E-state index in [0.29, 0.717) is 6.42 Å². The number of allylic oxidation sites excluding steroid dienone is 2. The van der Waals surface area contributed by atoms with Crippen LogP contribution in [0.25, 0.3) is 0 Å². The Balaban J connectivity index is 2.63. The van der Waals surface area contributed by atoms with Gasteiger partial charge in [-0.15, -0.1) is 0 Å². The zero-order chi connectivity index (χ0) is 14.9. The summed E-state index contributed by atoms with van der Waals surface area (Å²) in [5, 5.41) is 18.5. The van der Waals surface area contributed by atoms with Gasteiger partial charge in [0.1, 0.15) is 0 Å². The molecule has 2 heterocycles. The number of aliphatic imine (C=N–C) groups is 1. The predicted octanol–water partition coefficient (Wildman–Crippen LogP) is 2.33. The first-order chi connectivity index (χ1) is 9.40. The molecule has 0 spiro atoms. The molecule has 0 amide bonds. The Hall–Kier alpha value is -2.50. The molecule has 0 radical (unpaired) electrons. The van der Waals surface area contributed by atoms with Crippen LogP contribution in [-0.4, -0.2) is 32.8 Å². The highest BCUT2D eigenvalue weighted by atomic mass is 16.4. The summed E-state index contributed by atoms with van der Waals surface area (Å²) < 4.78 is 0. The minimum absolute atomic E-state index is 0.0753. The highest BCUT2D eigenvalue weighted by molar-refractivity contribution is 5.97. The van der Waals surface area contributed by atoms with Crippen LogP contribution in [0.5, 0.6) is 0 Å². The topological polar surface area (TPSA) is 99.8 Å². The number of carbonyl (C=O) groups is 2. The van der Waals surface area contributed by atoms with Gasteiger partial charge >= 0.3 is 11.9 Å². The average molecular weight is 274 g/mol. The number of nitrogens with zero attached hydrogens (tertiary/aromatic N) is 2. The van der Waals surface area contributed by atoms with E-state index >= 15 is 0 Å². The van der Waals surface area contributed by atoms with E-state index in [-0.39, 0.29) is 22.6 Å². The van der Waals surface area contributed by atoms with E-state index in [0.717, 1.165) is 11.4 Å². The maximum Gasteiger partial charge on any atom is 0.337 e. The SMILES string of the molecule is CC1=CC(c2c(C(=O)O)cncc2C(=O)O)CC(C)=N1. The van der Waals surface area contributed by atoms with E-state index in [1.165, 1.54) is 12.4 Å². The van der Waals surface area contributed by atoms with Crippen molar-refractivity contribution in [3.63, 3.8) is 0 Å². The first-order valence-electron chi connectivity index (χ1n) is 6.07. The Bertz CT molecular complexity index is 614. The smallest absolute Gasteiger partial charge is 0.337 e. The van der Waals surface area contributed by atoms with Gasteiger partial charge in [0.25, 0.3) is 0 Å². The summed E-state index contributed by atoms with van der Waals surface area (Å²) in [4.78, 5) is 30.6. The minimum Gasteiger partial charge on any atom is -0.478 e. The lowest BCUT2D eigenvalue weighted by atomic mass is 9.86. The molecule has 6 nitrogen and oxygen atoms in total.